The second-order valence-corrected chi connectivity index (χ2v) is 6.96. The van der Waals surface area contributed by atoms with Crippen LogP contribution in [0, 0.1) is 12.8 Å². The normalized spacial score (nSPS) is 13.3. The van der Waals surface area contributed by atoms with Gasteiger partial charge in [-0.15, -0.1) is 0 Å². The lowest BCUT2D eigenvalue weighted by Crippen LogP contribution is -2.94. The van der Waals surface area contributed by atoms with Crippen molar-refractivity contribution in [2.24, 2.45) is 5.92 Å². The maximum atomic E-state index is 12.2. The van der Waals surface area contributed by atoms with Crippen molar-refractivity contribution in [3.8, 4) is 0 Å². The topological polar surface area (TPSA) is 85.8 Å². The molecule has 0 saturated carbocycles. The second kappa shape index (κ2) is 11.1. The van der Waals surface area contributed by atoms with Crippen LogP contribution in [0.25, 0.3) is 0 Å². The first kappa shape index (κ1) is 21.5. The molecule has 1 aromatic rings. The average molecular weight is 369 g/mol. The molecule has 25 heavy (non-hydrogen) atoms. The zero-order valence-corrected chi connectivity index (χ0v) is 16.1. The zero-order chi connectivity index (χ0) is 18.8. The van der Waals surface area contributed by atoms with Gasteiger partial charge in [0.2, 0.25) is 5.91 Å². The number of amides is 1. The maximum absolute atomic E-state index is 12.2. The smallest absolute Gasteiger partial charge is 0.230 e. The molecule has 0 radical (unpaired) electrons. The Morgan fingerprint density at radius 3 is 2.64 bits per heavy atom. The monoisotopic (exact) mass is 368 g/mol. The van der Waals surface area contributed by atoms with E-state index >= 15 is 0 Å². The SMILES string of the molecule is CCCC[C@@H](CC)C[NH2+][C@H](CC(=O)Nc1cc(Cl)ccc1C)C(=O)[O-]. The minimum atomic E-state index is -1.21. The lowest BCUT2D eigenvalue weighted by Gasteiger charge is -2.20. The predicted octanol–water partition coefficient (Wildman–Crippen LogP) is 1.88. The summed E-state index contributed by atoms with van der Waals surface area (Å²) in [4.78, 5) is 23.6. The van der Waals surface area contributed by atoms with Crippen LogP contribution >= 0.6 is 11.6 Å². The van der Waals surface area contributed by atoms with Gasteiger partial charge in [0.1, 0.15) is 6.04 Å². The summed E-state index contributed by atoms with van der Waals surface area (Å²) >= 11 is 5.94. The largest absolute Gasteiger partial charge is 0.544 e. The van der Waals surface area contributed by atoms with Crippen LogP contribution in [0.1, 0.15) is 51.5 Å². The molecule has 0 aromatic heterocycles. The molecule has 0 aliphatic heterocycles. The van der Waals surface area contributed by atoms with Crippen molar-refractivity contribution in [3.05, 3.63) is 28.8 Å². The number of halogens is 1. The molecule has 0 aliphatic carbocycles. The van der Waals surface area contributed by atoms with E-state index in [1.165, 1.54) is 0 Å². The number of rotatable bonds is 11. The number of unbranched alkanes of at least 4 members (excludes halogenated alkanes) is 1. The first-order valence-corrected chi connectivity index (χ1v) is 9.35. The molecule has 2 atom stereocenters. The van der Waals surface area contributed by atoms with E-state index in [0.29, 0.717) is 23.2 Å². The summed E-state index contributed by atoms with van der Waals surface area (Å²) in [5.41, 5.74) is 1.47. The number of aryl methyl sites for hydroxylation is 1. The summed E-state index contributed by atoms with van der Waals surface area (Å²) in [5.74, 6) is -1.10. The molecule has 1 aromatic carbocycles. The number of carboxylic acid groups (broad SMARTS) is 1. The van der Waals surface area contributed by atoms with Gasteiger partial charge in [0.05, 0.1) is 18.9 Å². The fourth-order valence-electron chi connectivity index (χ4n) is 2.73. The minimum Gasteiger partial charge on any atom is -0.544 e. The summed E-state index contributed by atoms with van der Waals surface area (Å²) in [6, 6.07) is 4.32. The Balaban J connectivity index is 2.60. The van der Waals surface area contributed by atoms with E-state index in [0.717, 1.165) is 31.2 Å². The van der Waals surface area contributed by atoms with Crippen molar-refractivity contribution in [2.45, 2.75) is 58.9 Å². The van der Waals surface area contributed by atoms with Crippen molar-refractivity contribution in [3.63, 3.8) is 0 Å². The molecule has 1 amide bonds. The van der Waals surface area contributed by atoms with Gasteiger partial charge in [-0.25, -0.2) is 0 Å². The van der Waals surface area contributed by atoms with Gasteiger partial charge in [0.25, 0.3) is 0 Å². The van der Waals surface area contributed by atoms with Gasteiger partial charge in [0.15, 0.2) is 0 Å². The van der Waals surface area contributed by atoms with Crippen LogP contribution < -0.4 is 15.7 Å². The van der Waals surface area contributed by atoms with Crippen molar-refractivity contribution in [2.75, 3.05) is 11.9 Å². The summed E-state index contributed by atoms with van der Waals surface area (Å²) in [6.45, 7) is 6.80. The molecular weight excluding hydrogens is 340 g/mol. The van der Waals surface area contributed by atoms with Gasteiger partial charge in [0, 0.05) is 16.6 Å². The van der Waals surface area contributed by atoms with Crippen LogP contribution in [-0.4, -0.2) is 24.5 Å². The molecule has 1 rings (SSSR count). The fraction of sp³-hybridized carbons (Fsp3) is 0.579. The maximum Gasteiger partial charge on any atom is 0.230 e. The summed E-state index contributed by atoms with van der Waals surface area (Å²) in [5, 5.41) is 16.4. The molecule has 0 fully saturated rings. The molecule has 0 unspecified atom stereocenters. The third-order valence-corrected chi connectivity index (χ3v) is 4.71. The Hall–Kier alpha value is -1.59. The molecule has 5 nitrogen and oxygen atoms in total. The Labute approximate surface area is 155 Å². The third kappa shape index (κ3) is 7.88. The highest BCUT2D eigenvalue weighted by Crippen LogP contribution is 2.20. The van der Waals surface area contributed by atoms with Crippen LogP contribution in [-0.2, 0) is 9.59 Å². The van der Waals surface area contributed by atoms with Crippen LogP contribution in [0.15, 0.2) is 18.2 Å². The lowest BCUT2D eigenvalue weighted by atomic mass is 9.99. The standard InChI is InChI=1S/C19H29ClN2O3/c1-4-6-7-14(5-2)12-21-17(19(24)25)11-18(23)22-16-10-15(20)9-8-13(16)3/h8-10,14,17,21H,4-7,11-12H2,1-3H3,(H,22,23)(H,24,25)/t14-,17-/m1/s1. The van der Waals surface area contributed by atoms with Crippen molar-refractivity contribution >= 4 is 29.2 Å². The highest BCUT2D eigenvalue weighted by atomic mass is 35.5. The number of carbonyl (C=O) groups excluding carboxylic acids is 2. The number of anilines is 1. The van der Waals surface area contributed by atoms with Crippen LogP contribution in [0.4, 0.5) is 5.69 Å². The predicted molar refractivity (Wildman–Crippen MR) is 98.3 cm³/mol. The molecule has 0 bridgehead atoms. The average Bonchev–Trinajstić information content (AvgIpc) is 2.57. The van der Waals surface area contributed by atoms with E-state index in [1.807, 2.05) is 6.92 Å². The van der Waals surface area contributed by atoms with Gasteiger partial charge in [-0.2, -0.15) is 0 Å². The highest BCUT2D eigenvalue weighted by Gasteiger charge is 2.20. The number of benzene rings is 1. The molecular formula is C19H29ClN2O3. The number of hydrogen-bond donors (Lipinski definition) is 2. The lowest BCUT2D eigenvalue weighted by molar-refractivity contribution is -0.687. The van der Waals surface area contributed by atoms with Gasteiger partial charge in [-0.3, -0.25) is 4.79 Å². The number of nitrogens with one attached hydrogen (secondary N) is 1. The van der Waals surface area contributed by atoms with Gasteiger partial charge in [-0.1, -0.05) is 44.4 Å². The molecule has 0 saturated heterocycles. The van der Waals surface area contributed by atoms with Crippen LogP contribution in [0.2, 0.25) is 5.02 Å². The summed E-state index contributed by atoms with van der Waals surface area (Å²) < 4.78 is 0. The second-order valence-electron chi connectivity index (χ2n) is 6.52. The van der Waals surface area contributed by atoms with E-state index < -0.39 is 12.0 Å². The number of hydrogen-bond acceptors (Lipinski definition) is 3. The molecule has 0 aliphatic rings. The Kier molecular flexibility index (Phi) is 9.53. The fourth-order valence-corrected chi connectivity index (χ4v) is 2.90. The van der Waals surface area contributed by atoms with Crippen LogP contribution in [0.3, 0.4) is 0 Å². The summed E-state index contributed by atoms with van der Waals surface area (Å²) in [7, 11) is 0. The third-order valence-electron chi connectivity index (χ3n) is 4.48. The Morgan fingerprint density at radius 2 is 2.04 bits per heavy atom. The first-order valence-electron chi connectivity index (χ1n) is 8.97. The number of nitrogens with two attached hydrogens (primary N) is 1. The van der Waals surface area contributed by atoms with Crippen molar-refractivity contribution in [1.82, 2.24) is 0 Å². The van der Waals surface area contributed by atoms with E-state index in [2.05, 4.69) is 19.2 Å². The van der Waals surface area contributed by atoms with Crippen molar-refractivity contribution < 1.29 is 20.0 Å². The minimum absolute atomic E-state index is 0.126. The van der Waals surface area contributed by atoms with Gasteiger partial charge in [-0.05, 0) is 37.5 Å². The zero-order valence-electron chi connectivity index (χ0n) is 15.3. The molecule has 3 N–H and O–H groups in total. The molecule has 0 spiro atoms. The quantitative estimate of drug-likeness (QED) is 0.625. The van der Waals surface area contributed by atoms with Crippen LogP contribution in [0.5, 0.6) is 0 Å². The number of carboxylic acids is 1. The Bertz CT molecular complexity index is 578. The number of carbonyl (C=O) groups is 2. The first-order chi connectivity index (χ1) is 11.9. The Morgan fingerprint density at radius 1 is 1.32 bits per heavy atom. The van der Waals surface area contributed by atoms with E-state index in [1.54, 1.807) is 23.5 Å². The van der Waals surface area contributed by atoms with Crippen molar-refractivity contribution in [1.29, 1.82) is 0 Å². The van der Waals surface area contributed by atoms with E-state index in [9.17, 15) is 14.7 Å². The van der Waals surface area contributed by atoms with Gasteiger partial charge >= 0.3 is 0 Å². The molecule has 6 heteroatoms. The molecule has 0 heterocycles. The highest BCUT2D eigenvalue weighted by molar-refractivity contribution is 6.31. The number of aliphatic carboxylic acids is 1. The van der Waals surface area contributed by atoms with Gasteiger partial charge < -0.3 is 20.5 Å². The van der Waals surface area contributed by atoms with E-state index in [4.69, 9.17) is 11.6 Å². The van der Waals surface area contributed by atoms with E-state index in [-0.39, 0.29) is 12.3 Å². The molecule has 140 valence electrons. The summed E-state index contributed by atoms with van der Waals surface area (Å²) in [6.07, 6.45) is 4.22. The number of quaternary nitrogens is 1.